The number of nitrogens with one attached hydrogen (secondary N) is 1. The van der Waals surface area contributed by atoms with E-state index < -0.39 is 0 Å². The Morgan fingerprint density at radius 2 is 1.91 bits per heavy atom. The Balaban J connectivity index is 1.68. The second-order valence-corrected chi connectivity index (χ2v) is 7.04. The van der Waals surface area contributed by atoms with E-state index in [4.69, 9.17) is 0 Å². The van der Waals surface area contributed by atoms with Crippen molar-refractivity contribution in [3.05, 3.63) is 46.7 Å². The summed E-state index contributed by atoms with van der Waals surface area (Å²) in [7, 11) is 0. The van der Waals surface area contributed by atoms with Gasteiger partial charge in [0, 0.05) is 24.2 Å². The van der Waals surface area contributed by atoms with Gasteiger partial charge in [-0.05, 0) is 42.8 Å². The summed E-state index contributed by atoms with van der Waals surface area (Å²) in [5.41, 5.74) is 2.21. The first-order chi connectivity index (χ1) is 10.8. The van der Waals surface area contributed by atoms with Gasteiger partial charge in [-0.15, -0.1) is 11.3 Å². The molecule has 2 bridgehead atoms. The normalized spacial score (nSPS) is 24.3. The molecule has 22 heavy (non-hydrogen) atoms. The van der Waals surface area contributed by atoms with E-state index in [1.165, 1.54) is 0 Å². The largest absolute Gasteiger partial charge is 0.331 e. The van der Waals surface area contributed by atoms with Gasteiger partial charge in [-0.1, -0.05) is 30.3 Å². The molecule has 0 saturated carbocycles. The molecule has 2 unspecified atom stereocenters. The molecule has 1 N–H and O–H groups in total. The van der Waals surface area contributed by atoms with E-state index in [9.17, 15) is 4.79 Å². The number of nitrogens with zero attached hydrogens (tertiary/aromatic N) is 1. The molecule has 1 amide bonds. The van der Waals surface area contributed by atoms with Gasteiger partial charge in [0.25, 0.3) is 5.91 Å². The van der Waals surface area contributed by atoms with Crippen LogP contribution >= 0.6 is 11.3 Å². The van der Waals surface area contributed by atoms with Crippen LogP contribution < -0.4 is 5.32 Å². The number of thiophene rings is 1. The Kier molecular flexibility index (Phi) is 3.72. The van der Waals surface area contributed by atoms with Gasteiger partial charge < -0.3 is 10.2 Å². The van der Waals surface area contributed by atoms with Gasteiger partial charge in [0.15, 0.2) is 0 Å². The highest BCUT2D eigenvalue weighted by Crippen LogP contribution is 2.34. The second-order valence-electron chi connectivity index (χ2n) is 6.12. The highest BCUT2D eigenvalue weighted by molar-refractivity contribution is 7.12. The molecule has 0 radical (unpaired) electrons. The molecular weight excluding hydrogens is 292 g/mol. The Morgan fingerprint density at radius 3 is 2.77 bits per heavy atom. The highest BCUT2D eigenvalue weighted by atomic mass is 32.1. The van der Waals surface area contributed by atoms with Gasteiger partial charge in [0.05, 0.1) is 4.88 Å². The number of amides is 1. The summed E-state index contributed by atoms with van der Waals surface area (Å²) in [6.07, 6.45) is 3.37. The van der Waals surface area contributed by atoms with Crippen LogP contribution in [0.25, 0.3) is 11.1 Å². The lowest BCUT2D eigenvalue weighted by Gasteiger charge is -2.27. The Labute approximate surface area is 135 Å². The third-order valence-electron chi connectivity index (χ3n) is 4.83. The molecule has 3 nitrogen and oxygen atoms in total. The molecule has 2 aliphatic rings. The van der Waals surface area contributed by atoms with E-state index in [1.807, 2.05) is 23.6 Å². The lowest BCUT2D eigenvalue weighted by Crippen LogP contribution is -2.42. The van der Waals surface area contributed by atoms with Crippen molar-refractivity contribution < 1.29 is 4.79 Å². The molecule has 2 saturated heterocycles. The quantitative estimate of drug-likeness (QED) is 0.922. The summed E-state index contributed by atoms with van der Waals surface area (Å²) in [4.78, 5) is 16.2. The molecule has 2 fully saturated rings. The Bertz CT molecular complexity index is 653. The smallest absolute Gasteiger partial charge is 0.265 e. The minimum absolute atomic E-state index is 0.227. The Morgan fingerprint density at radius 1 is 1.09 bits per heavy atom. The van der Waals surface area contributed by atoms with E-state index in [0.717, 1.165) is 48.4 Å². The molecule has 1 aromatic carbocycles. The van der Waals surface area contributed by atoms with Crippen LogP contribution in [-0.2, 0) is 0 Å². The fourth-order valence-corrected chi connectivity index (χ4v) is 4.61. The van der Waals surface area contributed by atoms with Gasteiger partial charge in [-0.3, -0.25) is 4.79 Å². The number of carbonyl (C=O) groups is 1. The van der Waals surface area contributed by atoms with E-state index in [-0.39, 0.29) is 5.91 Å². The van der Waals surface area contributed by atoms with Gasteiger partial charge >= 0.3 is 0 Å². The van der Waals surface area contributed by atoms with E-state index >= 15 is 0 Å². The first kappa shape index (κ1) is 14.0. The molecule has 0 spiro atoms. The van der Waals surface area contributed by atoms with Crippen LogP contribution in [0.3, 0.4) is 0 Å². The lowest BCUT2D eigenvalue weighted by atomic mass is 10.1. The average molecular weight is 312 g/mol. The molecule has 1 aromatic heterocycles. The van der Waals surface area contributed by atoms with Gasteiger partial charge in [-0.25, -0.2) is 0 Å². The highest BCUT2D eigenvalue weighted by Gasteiger charge is 2.39. The predicted molar refractivity (Wildman–Crippen MR) is 90.2 cm³/mol. The molecule has 2 atom stereocenters. The molecule has 3 heterocycles. The minimum atomic E-state index is 0.227. The maximum absolute atomic E-state index is 13.2. The number of carbonyl (C=O) groups excluding carboxylic acids is 1. The van der Waals surface area contributed by atoms with Crippen molar-refractivity contribution in [2.24, 2.45) is 0 Å². The zero-order chi connectivity index (χ0) is 14.9. The lowest BCUT2D eigenvalue weighted by molar-refractivity contribution is 0.0686. The van der Waals surface area contributed by atoms with E-state index in [1.54, 1.807) is 11.3 Å². The zero-order valence-corrected chi connectivity index (χ0v) is 13.3. The maximum Gasteiger partial charge on any atom is 0.265 e. The summed E-state index contributed by atoms with van der Waals surface area (Å²) >= 11 is 1.57. The third kappa shape index (κ3) is 2.36. The predicted octanol–water partition coefficient (Wildman–Crippen LogP) is 3.38. The molecule has 4 heteroatoms. The zero-order valence-electron chi connectivity index (χ0n) is 12.5. The summed E-state index contributed by atoms with van der Waals surface area (Å²) in [6.45, 7) is 1.97. The summed E-state index contributed by atoms with van der Waals surface area (Å²) in [5, 5.41) is 5.50. The molecule has 114 valence electrons. The van der Waals surface area contributed by atoms with Gasteiger partial charge in [0.2, 0.25) is 0 Å². The first-order valence-corrected chi connectivity index (χ1v) is 8.89. The van der Waals surface area contributed by atoms with Crippen LogP contribution in [-0.4, -0.2) is 36.0 Å². The van der Waals surface area contributed by atoms with Crippen molar-refractivity contribution in [1.29, 1.82) is 0 Å². The van der Waals surface area contributed by atoms with Crippen molar-refractivity contribution in [3.8, 4) is 11.1 Å². The van der Waals surface area contributed by atoms with Crippen LogP contribution in [0.1, 0.15) is 28.9 Å². The van der Waals surface area contributed by atoms with E-state index in [0.29, 0.717) is 12.1 Å². The molecule has 0 aliphatic carbocycles. The molecule has 4 rings (SSSR count). The van der Waals surface area contributed by atoms with Crippen LogP contribution in [0.4, 0.5) is 0 Å². The molecular formula is C18H20N2OS. The topological polar surface area (TPSA) is 32.3 Å². The summed E-state index contributed by atoms with van der Waals surface area (Å²) in [6, 6.07) is 13.1. The van der Waals surface area contributed by atoms with Gasteiger partial charge in [-0.2, -0.15) is 0 Å². The van der Waals surface area contributed by atoms with Crippen molar-refractivity contribution in [1.82, 2.24) is 10.2 Å². The standard InChI is InChI=1S/C18H20N2OS/c21-18(20-14-6-7-15(20)12-19-10-8-14)17-16(9-11-22-17)13-4-2-1-3-5-13/h1-5,9,11,14-15,19H,6-8,10,12H2. The SMILES string of the molecule is O=C(c1sccc1-c1ccccc1)N1C2CCNCC1CC2. The fraction of sp³-hybridized carbons (Fsp3) is 0.389. The second kappa shape index (κ2) is 5.86. The summed E-state index contributed by atoms with van der Waals surface area (Å²) in [5.74, 6) is 0.227. The van der Waals surface area contributed by atoms with Crippen molar-refractivity contribution in [2.75, 3.05) is 13.1 Å². The van der Waals surface area contributed by atoms with Crippen LogP contribution in [0.15, 0.2) is 41.8 Å². The van der Waals surface area contributed by atoms with Crippen LogP contribution in [0.2, 0.25) is 0 Å². The van der Waals surface area contributed by atoms with Gasteiger partial charge in [0.1, 0.15) is 0 Å². The number of hydrogen-bond acceptors (Lipinski definition) is 3. The Hall–Kier alpha value is -1.65. The van der Waals surface area contributed by atoms with Crippen LogP contribution in [0, 0.1) is 0 Å². The number of benzene rings is 1. The number of fused-ring (bicyclic) bond motifs is 2. The molecule has 2 aromatic rings. The van der Waals surface area contributed by atoms with Crippen molar-refractivity contribution >= 4 is 17.2 Å². The van der Waals surface area contributed by atoms with E-state index in [2.05, 4.69) is 28.4 Å². The number of rotatable bonds is 2. The number of hydrogen-bond donors (Lipinski definition) is 1. The summed E-state index contributed by atoms with van der Waals surface area (Å²) < 4.78 is 0. The van der Waals surface area contributed by atoms with Crippen molar-refractivity contribution in [2.45, 2.75) is 31.3 Å². The molecule has 2 aliphatic heterocycles. The average Bonchev–Trinajstić information content (AvgIpc) is 3.11. The first-order valence-electron chi connectivity index (χ1n) is 8.01. The fourth-order valence-electron chi connectivity index (χ4n) is 3.75. The maximum atomic E-state index is 13.2. The minimum Gasteiger partial charge on any atom is -0.331 e. The van der Waals surface area contributed by atoms with Crippen LogP contribution in [0.5, 0.6) is 0 Å². The monoisotopic (exact) mass is 312 g/mol. The third-order valence-corrected chi connectivity index (χ3v) is 5.74. The van der Waals surface area contributed by atoms with Crippen molar-refractivity contribution in [3.63, 3.8) is 0 Å².